The van der Waals surface area contributed by atoms with Crippen LogP contribution in [0.3, 0.4) is 0 Å². The van der Waals surface area contributed by atoms with E-state index in [0.717, 1.165) is 5.56 Å². The number of likely N-dealkylation sites (N-methyl/N-ethyl adjacent to an activating group) is 1. The topological polar surface area (TPSA) is 109 Å². The van der Waals surface area contributed by atoms with Crippen LogP contribution in [0.1, 0.15) is 11.1 Å². The molecule has 1 fully saturated rings. The van der Waals surface area contributed by atoms with Gasteiger partial charge < -0.3 is 15.2 Å². The summed E-state index contributed by atoms with van der Waals surface area (Å²) in [6, 6.07) is 13.3. The molecule has 2 amide bonds. The van der Waals surface area contributed by atoms with Crippen LogP contribution in [-0.4, -0.2) is 51.2 Å². The minimum atomic E-state index is -0.688. The summed E-state index contributed by atoms with van der Waals surface area (Å²) in [6.07, 6.45) is 2.40. The van der Waals surface area contributed by atoms with Gasteiger partial charge in [0.15, 0.2) is 0 Å². The summed E-state index contributed by atoms with van der Waals surface area (Å²) < 4.78 is 0. The molecular weight excluding hydrogens is 372 g/mol. The highest BCUT2D eigenvalue weighted by atomic mass is 16.8. The number of rotatable bonds is 5. The Hall–Kier alpha value is -3.36. The van der Waals surface area contributed by atoms with E-state index in [4.69, 9.17) is 0 Å². The standard InChI is InChI=1S/C21H22N4O4/c1-24-18(11-14-12-22-15-8-5-9-17(19(14)15)25(28)29)20(26)23-16(21(24)27)10-13-6-3-2-4-7-13/h2-9,12,16,18,22,28-29H,10-11H2,1H3,(H,23,26)/t16-,18-/m0/s1. The number of piperazine rings is 1. The van der Waals surface area contributed by atoms with Gasteiger partial charge in [0.25, 0.3) is 0 Å². The lowest BCUT2D eigenvalue weighted by Gasteiger charge is -2.36. The van der Waals surface area contributed by atoms with Crippen molar-refractivity contribution in [2.24, 2.45) is 0 Å². The average Bonchev–Trinajstić information content (AvgIpc) is 3.13. The number of amides is 2. The van der Waals surface area contributed by atoms with Gasteiger partial charge in [-0.2, -0.15) is 0 Å². The van der Waals surface area contributed by atoms with E-state index in [2.05, 4.69) is 10.3 Å². The van der Waals surface area contributed by atoms with E-state index in [1.54, 1.807) is 31.4 Å². The molecule has 1 aliphatic heterocycles. The molecule has 4 N–H and O–H groups in total. The SMILES string of the molecule is CN1C(=O)[C@H](Cc2ccccc2)NC(=O)[C@@H]1Cc1c[nH]c2cccc(N(O)O)c12. The summed E-state index contributed by atoms with van der Waals surface area (Å²) in [5.41, 5.74) is 2.60. The smallest absolute Gasteiger partial charge is 0.245 e. The molecule has 4 rings (SSSR count). The molecule has 2 heterocycles. The number of carbonyl (C=O) groups excluding carboxylic acids is 2. The molecule has 0 bridgehead atoms. The number of benzene rings is 2. The van der Waals surface area contributed by atoms with E-state index >= 15 is 0 Å². The van der Waals surface area contributed by atoms with E-state index in [1.807, 2.05) is 30.3 Å². The maximum atomic E-state index is 12.9. The van der Waals surface area contributed by atoms with Crippen LogP contribution < -0.4 is 10.5 Å². The summed E-state index contributed by atoms with van der Waals surface area (Å²) in [4.78, 5) is 30.2. The van der Waals surface area contributed by atoms with Gasteiger partial charge in [-0.1, -0.05) is 36.4 Å². The molecule has 8 heteroatoms. The summed E-state index contributed by atoms with van der Waals surface area (Å²) >= 11 is 0. The first-order chi connectivity index (χ1) is 14.0. The Labute approximate surface area is 167 Å². The van der Waals surface area contributed by atoms with Crippen LogP contribution >= 0.6 is 0 Å². The fourth-order valence-corrected chi connectivity index (χ4v) is 3.89. The van der Waals surface area contributed by atoms with Crippen molar-refractivity contribution < 1.29 is 20.0 Å². The van der Waals surface area contributed by atoms with Crippen molar-refractivity contribution in [3.63, 3.8) is 0 Å². The fourth-order valence-electron chi connectivity index (χ4n) is 3.89. The molecule has 0 spiro atoms. The normalized spacial score (nSPS) is 19.5. The fraction of sp³-hybridized carbons (Fsp3) is 0.238. The molecule has 1 aliphatic rings. The monoisotopic (exact) mass is 394 g/mol. The maximum Gasteiger partial charge on any atom is 0.245 e. The summed E-state index contributed by atoms with van der Waals surface area (Å²) in [5, 5.41) is 22.5. The molecule has 0 aliphatic carbocycles. The van der Waals surface area contributed by atoms with Gasteiger partial charge in [0.2, 0.25) is 11.8 Å². The quantitative estimate of drug-likeness (QED) is 0.494. The summed E-state index contributed by atoms with van der Waals surface area (Å²) in [6.45, 7) is 0. The van der Waals surface area contributed by atoms with Crippen LogP contribution in [0.25, 0.3) is 10.9 Å². The molecule has 150 valence electrons. The second kappa shape index (κ2) is 7.57. The molecule has 2 atom stereocenters. The van der Waals surface area contributed by atoms with E-state index in [9.17, 15) is 20.0 Å². The molecule has 8 nitrogen and oxygen atoms in total. The van der Waals surface area contributed by atoms with E-state index < -0.39 is 12.1 Å². The number of aromatic nitrogens is 1. The Kier molecular flexibility index (Phi) is 4.96. The van der Waals surface area contributed by atoms with Crippen molar-refractivity contribution >= 4 is 28.4 Å². The first kappa shape index (κ1) is 19.0. The van der Waals surface area contributed by atoms with Crippen molar-refractivity contribution in [1.29, 1.82) is 0 Å². The minimum absolute atomic E-state index is 0.0609. The van der Waals surface area contributed by atoms with Crippen LogP contribution in [0.2, 0.25) is 0 Å². The van der Waals surface area contributed by atoms with Crippen molar-refractivity contribution in [1.82, 2.24) is 15.2 Å². The third kappa shape index (κ3) is 3.55. The number of nitrogens with one attached hydrogen (secondary N) is 2. The van der Waals surface area contributed by atoms with Gasteiger partial charge in [-0.3, -0.25) is 20.0 Å². The third-order valence-electron chi connectivity index (χ3n) is 5.41. The van der Waals surface area contributed by atoms with Gasteiger partial charge in [0.05, 0.1) is 0 Å². The number of aromatic amines is 1. The molecule has 3 aromatic rings. The zero-order chi connectivity index (χ0) is 20.5. The number of H-pyrrole nitrogens is 1. The van der Waals surface area contributed by atoms with Gasteiger partial charge in [0, 0.05) is 37.0 Å². The van der Waals surface area contributed by atoms with E-state index in [-0.39, 0.29) is 29.1 Å². The zero-order valence-electron chi connectivity index (χ0n) is 15.9. The van der Waals surface area contributed by atoms with Crippen molar-refractivity contribution in [3.05, 3.63) is 65.9 Å². The number of nitrogens with zero attached hydrogens (tertiary/aromatic N) is 2. The highest BCUT2D eigenvalue weighted by Gasteiger charge is 2.38. The Morgan fingerprint density at radius 2 is 1.79 bits per heavy atom. The lowest BCUT2D eigenvalue weighted by molar-refractivity contribution is -0.147. The molecule has 0 radical (unpaired) electrons. The predicted molar refractivity (Wildman–Crippen MR) is 107 cm³/mol. The lowest BCUT2D eigenvalue weighted by Crippen LogP contribution is -2.63. The van der Waals surface area contributed by atoms with Gasteiger partial charge >= 0.3 is 0 Å². The van der Waals surface area contributed by atoms with E-state index in [0.29, 0.717) is 22.9 Å². The molecule has 1 saturated heterocycles. The number of carbonyl (C=O) groups is 2. The summed E-state index contributed by atoms with van der Waals surface area (Å²) in [5.74, 6) is -0.380. The molecule has 2 aromatic carbocycles. The number of fused-ring (bicyclic) bond motifs is 1. The minimum Gasteiger partial charge on any atom is -0.361 e. The van der Waals surface area contributed by atoms with Crippen molar-refractivity contribution in [2.75, 3.05) is 12.3 Å². The highest BCUT2D eigenvalue weighted by Crippen LogP contribution is 2.30. The molecule has 0 saturated carbocycles. The van der Waals surface area contributed by atoms with Gasteiger partial charge in [0.1, 0.15) is 17.8 Å². The highest BCUT2D eigenvalue weighted by molar-refractivity contribution is 5.99. The summed E-state index contributed by atoms with van der Waals surface area (Å²) in [7, 11) is 1.63. The number of hydrogen-bond acceptors (Lipinski definition) is 5. The van der Waals surface area contributed by atoms with Crippen molar-refractivity contribution in [2.45, 2.75) is 24.9 Å². The lowest BCUT2D eigenvalue weighted by atomic mass is 9.96. The number of hydrogen-bond donors (Lipinski definition) is 4. The first-order valence-corrected chi connectivity index (χ1v) is 9.33. The van der Waals surface area contributed by atoms with Crippen molar-refractivity contribution in [3.8, 4) is 0 Å². The van der Waals surface area contributed by atoms with Gasteiger partial charge in [-0.15, -0.1) is 5.23 Å². The molecule has 1 aromatic heterocycles. The van der Waals surface area contributed by atoms with Crippen LogP contribution in [-0.2, 0) is 22.4 Å². The molecular formula is C21H22N4O4. The Morgan fingerprint density at radius 3 is 2.52 bits per heavy atom. The molecule has 0 unspecified atom stereocenters. The predicted octanol–water partition coefficient (Wildman–Crippen LogP) is 1.86. The van der Waals surface area contributed by atoms with Crippen LogP contribution in [0.5, 0.6) is 0 Å². The first-order valence-electron chi connectivity index (χ1n) is 9.33. The zero-order valence-corrected chi connectivity index (χ0v) is 15.9. The Balaban J connectivity index is 1.57. The van der Waals surface area contributed by atoms with Crippen LogP contribution in [0.4, 0.5) is 5.69 Å². The maximum absolute atomic E-state index is 12.9. The average molecular weight is 394 g/mol. The molecule has 29 heavy (non-hydrogen) atoms. The Bertz CT molecular complexity index is 1050. The van der Waals surface area contributed by atoms with E-state index in [1.165, 1.54) is 4.90 Å². The number of anilines is 1. The second-order valence-electron chi connectivity index (χ2n) is 7.22. The second-order valence-corrected chi connectivity index (χ2v) is 7.22. The van der Waals surface area contributed by atoms with Crippen LogP contribution in [0.15, 0.2) is 54.7 Å². The van der Waals surface area contributed by atoms with Gasteiger partial charge in [-0.25, -0.2) is 0 Å². The van der Waals surface area contributed by atoms with Crippen LogP contribution in [0, 0.1) is 0 Å². The van der Waals surface area contributed by atoms with Gasteiger partial charge in [-0.05, 0) is 23.3 Å². The third-order valence-corrected chi connectivity index (χ3v) is 5.41. The Morgan fingerprint density at radius 1 is 1.03 bits per heavy atom. The largest absolute Gasteiger partial charge is 0.361 e.